The summed E-state index contributed by atoms with van der Waals surface area (Å²) in [7, 11) is 3.07. The number of hydrogen-bond donors (Lipinski definition) is 2. The van der Waals surface area contributed by atoms with Crippen LogP contribution in [0.4, 0.5) is 0 Å². The first-order chi connectivity index (χ1) is 8.74. The van der Waals surface area contributed by atoms with Gasteiger partial charge < -0.3 is 19.8 Å². The normalized spacial score (nSPS) is 11.1. The van der Waals surface area contributed by atoms with Gasteiger partial charge >= 0.3 is 0 Å². The fourth-order valence-electron chi connectivity index (χ4n) is 1.74. The molecule has 0 atom stereocenters. The van der Waals surface area contributed by atoms with Gasteiger partial charge in [-0.25, -0.2) is 0 Å². The lowest BCUT2D eigenvalue weighted by atomic mass is 10.1. The Labute approximate surface area is 105 Å². The number of H-pyrrole nitrogens is 1. The average Bonchev–Trinajstić information content (AvgIpc) is 2.86. The van der Waals surface area contributed by atoms with Crippen LogP contribution < -0.4 is 5.32 Å². The van der Waals surface area contributed by atoms with Crippen molar-refractivity contribution in [2.45, 2.75) is 6.29 Å². The van der Waals surface area contributed by atoms with E-state index in [9.17, 15) is 4.79 Å². The summed E-state index contributed by atoms with van der Waals surface area (Å²) in [6.07, 6.45) is 1.42. The lowest BCUT2D eigenvalue weighted by Gasteiger charge is -2.14. The second kappa shape index (κ2) is 5.66. The van der Waals surface area contributed by atoms with Crippen LogP contribution in [0.3, 0.4) is 0 Å². The number of rotatable bonds is 5. The second-order valence-corrected chi connectivity index (χ2v) is 3.89. The van der Waals surface area contributed by atoms with Crippen molar-refractivity contribution in [3.8, 4) is 0 Å². The van der Waals surface area contributed by atoms with Crippen LogP contribution in [0.2, 0.25) is 0 Å². The lowest BCUT2D eigenvalue weighted by molar-refractivity contribution is -0.0974. The molecule has 2 N–H and O–H groups in total. The number of ether oxygens (including phenoxy) is 2. The summed E-state index contributed by atoms with van der Waals surface area (Å²) in [6.45, 7) is 0.316. The van der Waals surface area contributed by atoms with Crippen molar-refractivity contribution < 1.29 is 14.3 Å². The van der Waals surface area contributed by atoms with Gasteiger partial charge in [-0.15, -0.1) is 0 Å². The van der Waals surface area contributed by atoms with E-state index in [1.807, 2.05) is 24.4 Å². The van der Waals surface area contributed by atoms with E-state index in [-0.39, 0.29) is 5.91 Å². The van der Waals surface area contributed by atoms with Crippen molar-refractivity contribution in [1.82, 2.24) is 10.3 Å². The van der Waals surface area contributed by atoms with E-state index in [2.05, 4.69) is 10.3 Å². The Morgan fingerprint density at radius 2 is 2.11 bits per heavy atom. The Kier molecular flexibility index (Phi) is 3.96. The number of benzene rings is 1. The SMILES string of the molecule is COC(CNC(=O)c1ccc2[nH]ccc2c1)OC. The summed E-state index contributed by atoms with van der Waals surface area (Å²) < 4.78 is 10.0. The van der Waals surface area contributed by atoms with Crippen LogP contribution >= 0.6 is 0 Å². The Morgan fingerprint density at radius 3 is 2.83 bits per heavy atom. The first-order valence-corrected chi connectivity index (χ1v) is 5.65. The summed E-state index contributed by atoms with van der Waals surface area (Å²) in [6, 6.07) is 7.44. The van der Waals surface area contributed by atoms with Gasteiger partial charge in [-0.05, 0) is 24.3 Å². The van der Waals surface area contributed by atoms with Crippen LogP contribution in [0.15, 0.2) is 30.5 Å². The van der Waals surface area contributed by atoms with E-state index in [0.717, 1.165) is 10.9 Å². The summed E-state index contributed by atoms with van der Waals surface area (Å²) >= 11 is 0. The fourth-order valence-corrected chi connectivity index (χ4v) is 1.74. The molecule has 0 unspecified atom stereocenters. The third-order valence-corrected chi connectivity index (χ3v) is 2.77. The fraction of sp³-hybridized carbons (Fsp3) is 0.308. The lowest BCUT2D eigenvalue weighted by Crippen LogP contribution is -2.34. The number of fused-ring (bicyclic) bond motifs is 1. The zero-order chi connectivity index (χ0) is 13.0. The van der Waals surface area contributed by atoms with E-state index in [1.54, 1.807) is 6.07 Å². The van der Waals surface area contributed by atoms with Gasteiger partial charge in [0.05, 0.1) is 6.54 Å². The molecule has 0 spiro atoms. The monoisotopic (exact) mass is 248 g/mol. The molecule has 5 nitrogen and oxygen atoms in total. The molecular weight excluding hydrogens is 232 g/mol. The van der Waals surface area contributed by atoms with Crippen LogP contribution in [0.25, 0.3) is 10.9 Å². The topological polar surface area (TPSA) is 63.3 Å². The van der Waals surface area contributed by atoms with Crippen LogP contribution in [0.5, 0.6) is 0 Å². The molecule has 0 saturated carbocycles. The largest absolute Gasteiger partial charge is 0.361 e. The molecule has 0 aliphatic heterocycles. The Hall–Kier alpha value is -1.85. The maximum absolute atomic E-state index is 11.9. The predicted octanol–water partition coefficient (Wildman–Crippen LogP) is 1.52. The highest BCUT2D eigenvalue weighted by Crippen LogP contribution is 2.14. The van der Waals surface area contributed by atoms with Crippen LogP contribution in [-0.4, -0.2) is 37.9 Å². The van der Waals surface area contributed by atoms with Gasteiger partial charge in [0.1, 0.15) is 0 Å². The van der Waals surface area contributed by atoms with E-state index in [0.29, 0.717) is 12.1 Å². The number of hydrogen-bond acceptors (Lipinski definition) is 3. The smallest absolute Gasteiger partial charge is 0.251 e. The highest BCUT2D eigenvalue weighted by atomic mass is 16.7. The quantitative estimate of drug-likeness (QED) is 0.788. The van der Waals surface area contributed by atoms with E-state index >= 15 is 0 Å². The Bertz CT molecular complexity index is 532. The molecule has 2 rings (SSSR count). The number of aromatic amines is 1. The minimum absolute atomic E-state index is 0.141. The van der Waals surface area contributed by atoms with Gasteiger partial charge in [-0.3, -0.25) is 4.79 Å². The summed E-state index contributed by atoms with van der Waals surface area (Å²) in [5, 5.41) is 3.77. The number of aromatic nitrogens is 1. The van der Waals surface area contributed by atoms with E-state index < -0.39 is 6.29 Å². The first kappa shape index (κ1) is 12.6. The predicted molar refractivity (Wildman–Crippen MR) is 68.4 cm³/mol. The van der Waals surface area contributed by atoms with Gasteiger partial charge in [0.2, 0.25) is 0 Å². The molecule has 18 heavy (non-hydrogen) atoms. The van der Waals surface area contributed by atoms with Crippen molar-refractivity contribution in [1.29, 1.82) is 0 Å². The van der Waals surface area contributed by atoms with Gasteiger partial charge in [-0.1, -0.05) is 0 Å². The zero-order valence-electron chi connectivity index (χ0n) is 10.4. The molecule has 1 aromatic heterocycles. The third-order valence-electron chi connectivity index (χ3n) is 2.77. The van der Waals surface area contributed by atoms with Crippen LogP contribution in [-0.2, 0) is 9.47 Å². The summed E-state index contributed by atoms with van der Waals surface area (Å²) in [5.41, 5.74) is 1.63. The third kappa shape index (κ3) is 2.69. The molecule has 96 valence electrons. The summed E-state index contributed by atoms with van der Waals surface area (Å²) in [4.78, 5) is 15.0. The maximum atomic E-state index is 11.9. The molecule has 2 aromatic rings. The number of methoxy groups -OCH3 is 2. The molecule has 5 heteroatoms. The molecule has 1 amide bonds. The molecule has 1 aromatic carbocycles. The average molecular weight is 248 g/mol. The van der Waals surface area contributed by atoms with E-state index in [4.69, 9.17) is 9.47 Å². The standard InChI is InChI=1S/C13H16N2O3/c1-17-12(18-2)8-15-13(16)10-3-4-11-9(7-10)5-6-14-11/h3-7,12,14H,8H2,1-2H3,(H,15,16). The van der Waals surface area contributed by atoms with Crippen molar-refractivity contribution in [3.05, 3.63) is 36.0 Å². The minimum atomic E-state index is -0.426. The maximum Gasteiger partial charge on any atom is 0.251 e. The molecule has 0 aliphatic rings. The molecule has 0 aliphatic carbocycles. The molecule has 0 radical (unpaired) electrons. The Balaban J connectivity index is 2.04. The first-order valence-electron chi connectivity index (χ1n) is 5.65. The Morgan fingerprint density at radius 1 is 1.33 bits per heavy atom. The zero-order valence-corrected chi connectivity index (χ0v) is 10.4. The van der Waals surface area contributed by atoms with Crippen molar-refractivity contribution in [3.63, 3.8) is 0 Å². The minimum Gasteiger partial charge on any atom is -0.361 e. The highest BCUT2D eigenvalue weighted by molar-refractivity contribution is 5.98. The van der Waals surface area contributed by atoms with Crippen molar-refractivity contribution >= 4 is 16.8 Å². The van der Waals surface area contributed by atoms with Crippen molar-refractivity contribution in [2.75, 3.05) is 20.8 Å². The van der Waals surface area contributed by atoms with E-state index in [1.165, 1.54) is 14.2 Å². The van der Waals surface area contributed by atoms with Gasteiger partial charge in [0.25, 0.3) is 5.91 Å². The number of carbonyl (C=O) groups is 1. The van der Waals surface area contributed by atoms with Gasteiger partial charge in [-0.2, -0.15) is 0 Å². The highest BCUT2D eigenvalue weighted by Gasteiger charge is 2.10. The molecule has 0 bridgehead atoms. The summed E-state index contributed by atoms with van der Waals surface area (Å²) in [5.74, 6) is -0.141. The van der Waals surface area contributed by atoms with Crippen LogP contribution in [0.1, 0.15) is 10.4 Å². The van der Waals surface area contributed by atoms with Gasteiger partial charge in [0, 0.05) is 36.9 Å². The van der Waals surface area contributed by atoms with Crippen LogP contribution in [0, 0.1) is 0 Å². The second-order valence-electron chi connectivity index (χ2n) is 3.89. The number of amides is 1. The molecule has 1 heterocycles. The van der Waals surface area contributed by atoms with Crippen molar-refractivity contribution in [2.24, 2.45) is 0 Å². The molecular formula is C13H16N2O3. The number of carbonyl (C=O) groups excluding carboxylic acids is 1. The van der Waals surface area contributed by atoms with Gasteiger partial charge in [0.15, 0.2) is 6.29 Å². The molecule has 0 fully saturated rings. The molecule has 0 saturated heterocycles. The number of nitrogens with one attached hydrogen (secondary N) is 2.